The van der Waals surface area contributed by atoms with Crippen LogP contribution < -0.4 is 20.1 Å². The predicted octanol–water partition coefficient (Wildman–Crippen LogP) is 4.54. The number of carbonyl (C=O) groups excluding carboxylic acids is 2. The highest BCUT2D eigenvalue weighted by atomic mass is 16.5. The van der Waals surface area contributed by atoms with E-state index in [2.05, 4.69) is 29.4 Å². The van der Waals surface area contributed by atoms with Crippen LogP contribution in [0.2, 0.25) is 0 Å². The summed E-state index contributed by atoms with van der Waals surface area (Å²) in [5.74, 6) is 1.60. The molecule has 1 atom stereocenters. The quantitative estimate of drug-likeness (QED) is 0.535. The van der Waals surface area contributed by atoms with Crippen LogP contribution in [-0.2, 0) is 16.1 Å². The van der Waals surface area contributed by atoms with Gasteiger partial charge in [-0.25, -0.2) is 0 Å². The van der Waals surface area contributed by atoms with Crippen molar-refractivity contribution in [1.29, 1.82) is 0 Å². The second-order valence-corrected chi connectivity index (χ2v) is 8.18. The second-order valence-electron chi connectivity index (χ2n) is 8.18. The van der Waals surface area contributed by atoms with Crippen molar-refractivity contribution in [3.05, 3.63) is 48.0 Å². The third-order valence-corrected chi connectivity index (χ3v) is 4.99. The molecule has 7 nitrogen and oxygen atoms in total. The van der Waals surface area contributed by atoms with Gasteiger partial charge in [-0.2, -0.15) is 0 Å². The van der Waals surface area contributed by atoms with Crippen LogP contribution in [0.3, 0.4) is 0 Å². The van der Waals surface area contributed by atoms with Gasteiger partial charge in [-0.05, 0) is 61.3 Å². The van der Waals surface area contributed by atoms with Crippen LogP contribution in [0.15, 0.2) is 42.5 Å². The Labute approximate surface area is 191 Å². The first-order chi connectivity index (χ1) is 15.2. The normalized spacial score (nSPS) is 11.9. The summed E-state index contributed by atoms with van der Waals surface area (Å²) in [7, 11) is 1.63. The Bertz CT molecular complexity index is 897. The molecule has 1 unspecified atom stereocenters. The lowest BCUT2D eigenvalue weighted by molar-refractivity contribution is -0.121. The fourth-order valence-corrected chi connectivity index (χ4v) is 3.20. The van der Waals surface area contributed by atoms with Crippen molar-refractivity contribution in [2.75, 3.05) is 30.9 Å². The molecule has 0 aliphatic rings. The molecule has 2 rings (SSSR count). The van der Waals surface area contributed by atoms with E-state index in [4.69, 9.17) is 9.47 Å². The Morgan fingerprint density at radius 3 is 2.12 bits per heavy atom. The number of anilines is 2. The summed E-state index contributed by atoms with van der Waals surface area (Å²) in [5.41, 5.74) is 2.42. The number of methoxy groups -OCH3 is 1. The van der Waals surface area contributed by atoms with E-state index in [1.54, 1.807) is 31.4 Å². The third-order valence-electron chi connectivity index (χ3n) is 4.99. The van der Waals surface area contributed by atoms with Gasteiger partial charge in [0.1, 0.15) is 0 Å². The van der Waals surface area contributed by atoms with Crippen LogP contribution in [0.25, 0.3) is 0 Å². The number of nitrogens with zero attached hydrogens (tertiary/aromatic N) is 1. The molecule has 2 amide bonds. The Hall–Kier alpha value is -3.06. The summed E-state index contributed by atoms with van der Waals surface area (Å²) in [6.45, 7) is 11.5. The topological polar surface area (TPSA) is 79.9 Å². The number of rotatable bonds is 11. The summed E-state index contributed by atoms with van der Waals surface area (Å²) in [5, 5.41) is 5.66. The predicted molar refractivity (Wildman–Crippen MR) is 128 cm³/mol. The third kappa shape index (κ3) is 7.57. The molecular formula is C25H35N3O4. The van der Waals surface area contributed by atoms with Gasteiger partial charge in [-0.1, -0.05) is 26.8 Å². The number of nitrogens with one attached hydrogen (secondary N) is 2. The highest BCUT2D eigenvalue weighted by molar-refractivity contribution is 5.95. The average Bonchev–Trinajstić information content (AvgIpc) is 2.76. The fraction of sp³-hybridized carbons (Fsp3) is 0.440. The Morgan fingerprint density at radius 2 is 1.59 bits per heavy atom. The van der Waals surface area contributed by atoms with Crippen molar-refractivity contribution < 1.29 is 19.1 Å². The number of carbonyl (C=O) groups is 2. The summed E-state index contributed by atoms with van der Waals surface area (Å²) in [6, 6.07) is 12.6. The summed E-state index contributed by atoms with van der Waals surface area (Å²) < 4.78 is 11.3. The Kier molecular flexibility index (Phi) is 9.53. The van der Waals surface area contributed by atoms with Gasteiger partial charge in [0, 0.05) is 24.8 Å². The molecular weight excluding hydrogens is 406 g/mol. The van der Waals surface area contributed by atoms with Crippen molar-refractivity contribution in [2.45, 2.75) is 47.2 Å². The van der Waals surface area contributed by atoms with E-state index < -0.39 is 0 Å². The molecule has 174 valence electrons. The largest absolute Gasteiger partial charge is 0.493 e. The van der Waals surface area contributed by atoms with E-state index in [0.29, 0.717) is 48.5 Å². The lowest BCUT2D eigenvalue weighted by atomic mass is 10.1. The lowest BCUT2D eigenvalue weighted by Crippen LogP contribution is -2.41. The van der Waals surface area contributed by atoms with Crippen LogP contribution in [0, 0.1) is 5.92 Å². The fourth-order valence-electron chi connectivity index (χ4n) is 3.20. The monoisotopic (exact) mass is 441 g/mol. The highest BCUT2D eigenvalue weighted by Crippen LogP contribution is 2.29. The molecule has 2 aromatic carbocycles. The molecule has 32 heavy (non-hydrogen) atoms. The molecule has 0 saturated carbocycles. The van der Waals surface area contributed by atoms with Gasteiger partial charge in [0.25, 0.3) is 0 Å². The summed E-state index contributed by atoms with van der Waals surface area (Å²) in [6.07, 6.45) is 0. The van der Waals surface area contributed by atoms with Crippen molar-refractivity contribution >= 4 is 23.2 Å². The number of likely N-dealkylation sites (N-methyl/N-ethyl adjacent to an activating group) is 1. The van der Waals surface area contributed by atoms with Gasteiger partial charge in [0.05, 0.1) is 19.8 Å². The van der Waals surface area contributed by atoms with Crippen LogP contribution in [0.4, 0.5) is 11.4 Å². The standard InChI is InChI=1S/C25H35N3O4/c1-7-28(15-20-8-13-23(31-6)24(14-20)32-16-17(2)3)18(4)25(30)27-22-11-9-21(10-12-22)26-19(5)29/h8-14,17-18H,7,15-16H2,1-6H3,(H,26,29)(H,27,30). The Morgan fingerprint density at radius 1 is 0.969 bits per heavy atom. The van der Waals surface area contributed by atoms with Gasteiger partial charge >= 0.3 is 0 Å². The first kappa shape index (κ1) is 25.2. The molecule has 2 N–H and O–H groups in total. The minimum Gasteiger partial charge on any atom is -0.493 e. The maximum atomic E-state index is 12.8. The van der Waals surface area contributed by atoms with E-state index in [-0.39, 0.29) is 17.9 Å². The van der Waals surface area contributed by atoms with Crippen molar-refractivity contribution in [1.82, 2.24) is 4.90 Å². The molecule has 0 aliphatic carbocycles. The Balaban J connectivity index is 2.05. The van der Waals surface area contributed by atoms with E-state index in [1.165, 1.54) is 6.92 Å². The van der Waals surface area contributed by atoms with Gasteiger partial charge < -0.3 is 20.1 Å². The number of amides is 2. The van der Waals surface area contributed by atoms with E-state index >= 15 is 0 Å². The lowest BCUT2D eigenvalue weighted by Gasteiger charge is -2.27. The second kappa shape index (κ2) is 12.1. The highest BCUT2D eigenvalue weighted by Gasteiger charge is 2.21. The number of hydrogen-bond acceptors (Lipinski definition) is 5. The van der Waals surface area contributed by atoms with Crippen molar-refractivity contribution in [2.24, 2.45) is 5.92 Å². The van der Waals surface area contributed by atoms with E-state index in [0.717, 1.165) is 5.56 Å². The number of benzene rings is 2. The first-order valence-corrected chi connectivity index (χ1v) is 11.0. The van der Waals surface area contributed by atoms with Gasteiger partial charge in [0.15, 0.2) is 11.5 Å². The molecule has 0 radical (unpaired) electrons. The summed E-state index contributed by atoms with van der Waals surface area (Å²) >= 11 is 0. The van der Waals surface area contributed by atoms with Crippen LogP contribution >= 0.6 is 0 Å². The number of ether oxygens (including phenoxy) is 2. The van der Waals surface area contributed by atoms with E-state index in [1.807, 2.05) is 32.0 Å². The van der Waals surface area contributed by atoms with Crippen LogP contribution in [0.5, 0.6) is 11.5 Å². The maximum Gasteiger partial charge on any atom is 0.241 e. The molecule has 0 aliphatic heterocycles. The zero-order chi connectivity index (χ0) is 23.7. The first-order valence-electron chi connectivity index (χ1n) is 11.0. The minimum absolute atomic E-state index is 0.0936. The molecule has 0 fully saturated rings. The zero-order valence-electron chi connectivity index (χ0n) is 19.9. The smallest absolute Gasteiger partial charge is 0.241 e. The maximum absolute atomic E-state index is 12.8. The van der Waals surface area contributed by atoms with E-state index in [9.17, 15) is 9.59 Å². The average molecular weight is 442 g/mol. The zero-order valence-corrected chi connectivity index (χ0v) is 19.9. The molecule has 0 bridgehead atoms. The minimum atomic E-state index is -0.336. The molecule has 0 heterocycles. The molecule has 2 aromatic rings. The summed E-state index contributed by atoms with van der Waals surface area (Å²) in [4.78, 5) is 26.1. The van der Waals surface area contributed by atoms with Crippen molar-refractivity contribution in [3.8, 4) is 11.5 Å². The van der Waals surface area contributed by atoms with Gasteiger partial charge in [-0.3, -0.25) is 14.5 Å². The molecule has 7 heteroatoms. The SMILES string of the molecule is CCN(Cc1ccc(OC)c(OCC(C)C)c1)C(C)C(=O)Nc1ccc(NC(C)=O)cc1. The molecule has 0 aromatic heterocycles. The van der Waals surface area contributed by atoms with Crippen molar-refractivity contribution in [3.63, 3.8) is 0 Å². The van der Waals surface area contributed by atoms with Crippen LogP contribution in [-0.4, -0.2) is 43.0 Å². The van der Waals surface area contributed by atoms with Gasteiger partial charge in [-0.15, -0.1) is 0 Å². The van der Waals surface area contributed by atoms with Crippen LogP contribution in [0.1, 0.15) is 40.2 Å². The molecule has 0 saturated heterocycles. The van der Waals surface area contributed by atoms with Gasteiger partial charge in [0.2, 0.25) is 11.8 Å². The number of hydrogen-bond donors (Lipinski definition) is 2. The molecule has 0 spiro atoms.